The van der Waals surface area contributed by atoms with Crippen molar-refractivity contribution in [1.82, 2.24) is 14.7 Å². The summed E-state index contributed by atoms with van der Waals surface area (Å²) in [5.74, 6) is -0.646. The first-order valence-electron chi connectivity index (χ1n) is 9.13. The van der Waals surface area contributed by atoms with E-state index in [-0.39, 0.29) is 24.6 Å². The Morgan fingerprint density at radius 3 is 2.46 bits per heavy atom. The molecule has 0 saturated carbocycles. The number of ether oxygens (including phenoxy) is 1. The van der Waals surface area contributed by atoms with Gasteiger partial charge in [-0.3, -0.25) is 4.79 Å². The van der Waals surface area contributed by atoms with Gasteiger partial charge in [-0.1, -0.05) is 23.1 Å². The van der Waals surface area contributed by atoms with Crippen LogP contribution in [0.15, 0.2) is 28.6 Å². The third-order valence-electron chi connectivity index (χ3n) is 4.86. The summed E-state index contributed by atoms with van der Waals surface area (Å²) in [7, 11) is 0. The number of aromatic nitrogens is 2. The van der Waals surface area contributed by atoms with Crippen molar-refractivity contribution in [3.05, 3.63) is 33.8 Å². The molecule has 1 amide bonds. The summed E-state index contributed by atoms with van der Waals surface area (Å²) >= 11 is 8.31. The average Bonchev–Trinajstić information content (AvgIpc) is 3.07. The molecule has 0 unspecified atom stereocenters. The van der Waals surface area contributed by atoms with Gasteiger partial charge in [0.25, 0.3) is 5.91 Å². The van der Waals surface area contributed by atoms with Gasteiger partial charge in [-0.25, -0.2) is 9.48 Å². The number of thioether (sulfide) groups is 1. The SMILES string of the molecule is CSc1nn(-c2ccc(C(=O)OCC(=O)N3[C@@H](C)CCC[C@@H]3C)cc2)c(=S)s1. The van der Waals surface area contributed by atoms with Crippen LogP contribution in [0.2, 0.25) is 0 Å². The lowest BCUT2D eigenvalue weighted by Crippen LogP contribution is -2.49. The summed E-state index contributed by atoms with van der Waals surface area (Å²) in [6.45, 7) is 3.85. The zero-order valence-corrected chi connectivity index (χ0v) is 18.5. The molecule has 1 aliphatic rings. The van der Waals surface area contributed by atoms with Gasteiger partial charge in [0, 0.05) is 12.1 Å². The Kier molecular flexibility index (Phi) is 6.90. The maximum absolute atomic E-state index is 12.5. The lowest BCUT2D eigenvalue weighted by Gasteiger charge is -2.38. The first-order chi connectivity index (χ1) is 13.4. The Balaban J connectivity index is 1.62. The quantitative estimate of drug-likeness (QED) is 0.394. The number of esters is 1. The minimum Gasteiger partial charge on any atom is -0.452 e. The van der Waals surface area contributed by atoms with E-state index in [9.17, 15) is 9.59 Å². The lowest BCUT2D eigenvalue weighted by atomic mass is 9.97. The highest BCUT2D eigenvalue weighted by Gasteiger charge is 2.29. The Hall–Kier alpha value is -1.71. The molecule has 1 aromatic heterocycles. The van der Waals surface area contributed by atoms with Crippen molar-refractivity contribution in [3.63, 3.8) is 0 Å². The van der Waals surface area contributed by atoms with Crippen LogP contribution in [-0.4, -0.2) is 51.5 Å². The van der Waals surface area contributed by atoms with Crippen molar-refractivity contribution in [2.24, 2.45) is 0 Å². The van der Waals surface area contributed by atoms with Gasteiger partial charge in [-0.15, -0.1) is 5.10 Å². The summed E-state index contributed by atoms with van der Waals surface area (Å²) in [5.41, 5.74) is 1.17. The minimum atomic E-state index is -0.510. The lowest BCUT2D eigenvalue weighted by molar-refractivity contribution is -0.140. The molecular weight excluding hydrogens is 414 g/mol. The summed E-state index contributed by atoms with van der Waals surface area (Å²) in [4.78, 5) is 26.7. The third-order valence-corrected chi connectivity index (χ3v) is 7.07. The fourth-order valence-corrected chi connectivity index (χ4v) is 5.22. The molecule has 2 atom stereocenters. The monoisotopic (exact) mass is 437 g/mol. The predicted molar refractivity (Wildman–Crippen MR) is 114 cm³/mol. The van der Waals surface area contributed by atoms with Gasteiger partial charge >= 0.3 is 5.97 Å². The molecule has 2 aromatic rings. The number of hydrogen-bond acceptors (Lipinski definition) is 7. The van der Waals surface area contributed by atoms with Crippen molar-refractivity contribution in [3.8, 4) is 5.69 Å². The van der Waals surface area contributed by atoms with Gasteiger partial charge in [0.2, 0.25) is 0 Å². The van der Waals surface area contributed by atoms with Crippen molar-refractivity contribution >= 4 is 47.2 Å². The van der Waals surface area contributed by atoms with Gasteiger partial charge < -0.3 is 9.64 Å². The number of nitrogens with zero attached hydrogens (tertiary/aromatic N) is 3. The molecule has 0 N–H and O–H groups in total. The van der Waals surface area contributed by atoms with Crippen molar-refractivity contribution < 1.29 is 14.3 Å². The van der Waals surface area contributed by atoms with E-state index in [1.54, 1.807) is 28.9 Å². The molecule has 1 fully saturated rings. The highest BCUT2D eigenvalue weighted by atomic mass is 32.2. The van der Waals surface area contributed by atoms with Crippen molar-refractivity contribution in [1.29, 1.82) is 0 Å². The molecule has 1 aliphatic heterocycles. The smallest absolute Gasteiger partial charge is 0.338 e. The molecular formula is C19H23N3O3S3. The van der Waals surface area contributed by atoms with Crippen LogP contribution in [0.1, 0.15) is 43.5 Å². The van der Waals surface area contributed by atoms with E-state index < -0.39 is 5.97 Å². The van der Waals surface area contributed by atoms with Crippen LogP contribution in [0, 0.1) is 3.95 Å². The highest BCUT2D eigenvalue weighted by Crippen LogP contribution is 2.23. The first kappa shape index (κ1) is 21.0. The number of carbonyl (C=O) groups excluding carboxylic acids is 2. The fraction of sp³-hybridized carbons (Fsp3) is 0.474. The van der Waals surface area contributed by atoms with Crippen molar-refractivity contribution in [2.75, 3.05) is 12.9 Å². The maximum Gasteiger partial charge on any atom is 0.338 e. The number of benzene rings is 1. The number of rotatable bonds is 5. The molecule has 1 aromatic carbocycles. The van der Waals surface area contributed by atoms with E-state index in [0.717, 1.165) is 29.3 Å². The average molecular weight is 438 g/mol. The van der Waals surface area contributed by atoms with Crippen LogP contribution in [-0.2, 0) is 9.53 Å². The molecule has 0 radical (unpaired) electrons. The Bertz CT molecular complexity index is 897. The number of hydrogen-bond donors (Lipinski definition) is 0. The van der Waals surface area contributed by atoms with Crippen LogP contribution in [0.25, 0.3) is 5.69 Å². The second kappa shape index (κ2) is 9.19. The van der Waals surface area contributed by atoms with Crippen LogP contribution in [0.5, 0.6) is 0 Å². The fourth-order valence-electron chi connectivity index (χ4n) is 3.44. The van der Waals surface area contributed by atoms with E-state index in [2.05, 4.69) is 5.10 Å². The van der Waals surface area contributed by atoms with Gasteiger partial charge in [0.15, 0.2) is 14.9 Å². The van der Waals surface area contributed by atoms with Crippen LogP contribution in [0.4, 0.5) is 0 Å². The van der Waals surface area contributed by atoms with Crippen LogP contribution >= 0.6 is 35.3 Å². The van der Waals surface area contributed by atoms with E-state index in [1.807, 2.05) is 25.0 Å². The predicted octanol–water partition coefficient (Wildman–Crippen LogP) is 4.33. The number of carbonyl (C=O) groups is 2. The maximum atomic E-state index is 12.5. The van der Waals surface area contributed by atoms with Crippen molar-refractivity contribution in [2.45, 2.75) is 49.5 Å². The molecule has 0 spiro atoms. The molecule has 0 bridgehead atoms. The van der Waals surface area contributed by atoms with E-state index in [1.165, 1.54) is 23.1 Å². The summed E-state index contributed by atoms with van der Waals surface area (Å²) < 4.78 is 8.46. The molecule has 28 heavy (non-hydrogen) atoms. The second-order valence-electron chi connectivity index (χ2n) is 6.80. The second-order valence-corrected chi connectivity index (χ2v) is 9.48. The molecule has 2 heterocycles. The van der Waals surface area contributed by atoms with Gasteiger partial charge in [0.05, 0.1) is 11.3 Å². The van der Waals surface area contributed by atoms with Crippen LogP contribution in [0.3, 0.4) is 0 Å². The zero-order chi connectivity index (χ0) is 20.3. The van der Waals surface area contributed by atoms with Gasteiger partial charge in [-0.2, -0.15) is 0 Å². The standard InChI is InChI=1S/C19H23N3O3S3/c1-12-5-4-6-13(2)21(12)16(23)11-25-17(24)14-7-9-15(10-8-14)22-19(26)28-18(20-22)27-3/h7-10,12-13H,4-6,11H2,1-3H3/t12-,13-/m0/s1. The highest BCUT2D eigenvalue weighted by molar-refractivity contribution is 8.00. The molecule has 150 valence electrons. The molecule has 1 saturated heterocycles. The molecule has 9 heteroatoms. The van der Waals surface area contributed by atoms with Gasteiger partial charge in [-0.05, 0) is 75.8 Å². The van der Waals surface area contributed by atoms with E-state index >= 15 is 0 Å². The molecule has 3 rings (SSSR count). The summed E-state index contributed by atoms with van der Waals surface area (Å²) in [6, 6.07) is 7.23. The minimum absolute atomic E-state index is 0.136. The largest absolute Gasteiger partial charge is 0.452 e. The molecule has 6 nitrogen and oxygen atoms in total. The Morgan fingerprint density at radius 1 is 1.25 bits per heavy atom. The zero-order valence-electron chi connectivity index (χ0n) is 16.1. The summed E-state index contributed by atoms with van der Waals surface area (Å²) in [5, 5.41) is 4.43. The normalized spacial score (nSPS) is 19.5. The van der Waals surface area contributed by atoms with E-state index in [4.69, 9.17) is 17.0 Å². The number of likely N-dealkylation sites (tertiary alicyclic amines) is 1. The molecule has 0 aliphatic carbocycles. The number of piperidine rings is 1. The van der Waals surface area contributed by atoms with Gasteiger partial charge in [0.1, 0.15) is 0 Å². The first-order valence-corrected chi connectivity index (χ1v) is 11.6. The Morgan fingerprint density at radius 2 is 1.89 bits per heavy atom. The van der Waals surface area contributed by atoms with Crippen LogP contribution < -0.4 is 0 Å². The topological polar surface area (TPSA) is 64.4 Å². The third kappa shape index (κ3) is 4.64. The number of amides is 1. The Labute approximate surface area is 177 Å². The summed E-state index contributed by atoms with van der Waals surface area (Å²) in [6.07, 6.45) is 5.05. The van der Waals surface area contributed by atoms with E-state index in [0.29, 0.717) is 9.52 Å².